The first kappa shape index (κ1) is 15.4. The minimum Gasteiger partial charge on any atom is -0.147 e. The van der Waals surface area contributed by atoms with Crippen molar-refractivity contribution in [3.63, 3.8) is 0 Å². The van der Waals surface area contributed by atoms with Crippen LogP contribution < -0.4 is 0 Å². The van der Waals surface area contributed by atoms with Crippen LogP contribution in [0, 0.1) is 5.41 Å². The first-order chi connectivity index (χ1) is 4.52. The van der Waals surface area contributed by atoms with Crippen molar-refractivity contribution in [3.8, 4) is 0 Å². The standard InChI is InChI=1S/C9H13.2ClH.Zr/c1-9(2,3)8-6-4-5-7-8;;;/h4,6H,5H2,1-3H3;2*1H;. The average Bonchev–Trinajstić information content (AvgIpc) is 2.11. The van der Waals surface area contributed by atoms with E-state index in [2.05, 4.69) is 32.9 Å². The summed E-state index contributed by atoms with van der Waals surface area (Å²) in [6.45, 7) is 6.84. The van der Waals surface area contributed by atoms with Gasteiger partial charge in [-0.3, -0.25) is 0 Å². The van der Waals surface area contributed by atoms with Crippen LogP contribution in [0.1, 0.15) is 27.2 Å². The van der Waals surface area contributed by atoms with Crippen molar-refractivity contribution in [2.24, 2.45) is 5.41 Å². The second kappa shape index (κ2) is 5.63. The summed E-state index contributed by atoms with van der Waals surface area (Å²) in [4.78, 5) is 0. The molecule has 0 fully saturated rings. The molecule has 1 aliphatic carbocycles. The van der Waals surface area contributed by atoms with E-state index < -0.39 is 0 Å². The maximum atomic E-state index is 2.28. The molecule has 3 heteroatoms. The third-order valence-corrected chi connectivity index (χ3v) is 2.90. The van der Waals surface area contributed by atoms with Crippen LogP contribution in [-0.4, -0.2) is 0 Å². The summed E-state index contributed by atoms with van der Waals surface area (Å²) in [5.41, 5.74) is 1.93. The molecule has 12 heavy (non-hydrogen) atoms. The zero-order valence-corrected chi connectivity index (χ0v) is 11.8. The van der Waals surface area contributed by atoms with Gasteiger partial charge in [0.25, 0.3) is 0 Å². The van der Waals surface area contributed by atoms with Gasteiger partial charge < -0.3 is 0 Å². The maximum absolute atomic E-state index is 2.28. The van der Waals surface area contributed by atoms with Gasteiger partial charge in [0.05, 0.1) is 0 Å². The van der Waals surface area contributed by atoms with Crippen molar-refractivity contribution in [1.29, 1.82) is 0 Å². The number of rotatable bonds is 0. The Morgan fingerprint density at radius 3 is 1.92 bits per heavy atom. The van der Waals surface area contributed by atoms with E-state index in [0.29, 0.717) is 5.41 Å². The summed E-state index contributed by atoms with van der Waals surface area (Å²) in [5, 5.41) is 0. The summed E-state index contributed by atoms with van der Waals surface area (Å²) < 4.78 is 1.62. The number of hydrogen-bond donors (Lipinski definition) is 0. The number of allylic oxidation sites excluding steroid dienone is 4. The normalized spacial score (nSPS) is 15.5. The topological polar surface area (TPSA) is 0 Å². The Morgan fingerprint density at radius 1 is 1.25 bits per heavy atom. The molecule has 1 rings (SSSR count). The fourth-order valence-corrected chi connectivity index (χ4v) is 2.62. The molecule has 0 bridgehead atoms. The van der Waals surface area contributed by atoms with E-state index >= 15 is 0 Å². The Kier molecular flexibility index (Phi) is 7.23. The van der Waals surface area contributed by atoms with Crippen molar-refractivity contribution < 1.29 is 24.7 Å². The predicted molar refractivity (Wildman–Crippen MR) is 54.7 cm³/mol. The Morgan fingerprint density at radius 2 is 1.75 bits per heavy atom. The van der Waals surface area contributed by atoms with Gasteiger partial charge in [-0.25, -0.2) is 0 Å². The second-order valence-corrected chi connectivity index (χ2v) is 5.23. The van der Waals surface area contributed by atoms with Crippen molar-refractivity contribution in [3.05, 3.63) is 21.0 Å². The molecule has 0 aromatic carbocycles. The quantitative estimate of drug-likeness (QED) is 0.637. The molecule has 0 heterocycles. The molecule has 0 amide bonds. The van der Waals surface area contributed by atoms with Gasteiger partial charge in [-0.1, -0.05) is 0 Å². The van der Waals surface area contributed by atoms with Gasteiger partial charge in [0.2, 0.25) is 0 Å². The molecule has 0 aromatic rings. The van der Waals surface area contributed by atoms with Crippen LogP contribution in [0.4, 0.5) is 0 Å². The third kappa shape index (κ3) is 3.77. The number of halogens is 2. The summed E-state index contributed by atoms with van der Waals surface area (Å²) in [5.74, 6) is 0. The van der Waals surface area contributed by atoms with Crippen LogP contribution in [0.3, 0.4) is 0 Å². The Hall–Kier alpha value is 0.943. The monoisotopic (exact) mass is 283 g/mol. The maximum Gasteiger partial charge on any atom is -0.147 e. The van der Waals surface area contributed by atoms with Gasteiger partial charge in [-0.15, -0.1) is 24.8 Å². The molecule has 0 aromatic heterocycles. The zero-order chi connectivity index (χ0) is 7.78. The van der Waals surface area contributed by atoms with E-state index in [1.807, 2.05) is 0 Å². The van der Waals surface area contributed by atoms with Crippen molar-refractivity contribution in [2.45, 2.75) is 27.2 Å². The first-order valence-corrected chi connectivity index (χ1v) is 4.86. The Labute approximate surface area is 103 Å². The average molecular weight is 285 g/mol. The van der Waals surface area contributed by atoms with Gasteiger partial charge in [0, 0.05) is 0 Å². The van der Waals surface area contributed by atoms with E-state index in [0.717, 1.165) is 0 Å². The molecule has 1 aliphatic rings. The smallest absolute Gasteiger partial charge is 0.147 e. The molecular weight excluding hydrogens is 270 g/mol. The van der Waals surface area contributed by atoms with Crippen molar-refractivity contribution in [1.82, 2.24) is 0 Å². The molecule has 0 saturated heterocycles. The minimum atomic E-state index is 0. The van der Waals surface area contributed by atoms with Crippen LogP contribution >= 0.6 is 24.8 Å². The summed E-state index contributed by atoms with van der Waals surface area (Å²) in [7, 11) is 0. The summed E-state index contributed by atoms with van der Waals surface area (Å²) in [6, 6.07) is 0. The summed E-state index contributed by atoms with van der Waals surface area (Å²) >= 11 is 1.58. The van der Waals surface area contributed by atoms with Crippen molar-refractivity contribution >= 4 is 24.8 Å². The van der Waals surface area contributed by atoms with Crippen molar-refractivity contribution in [2.75, 3.05) is 0 Å². The molecule has 0 unspecified atom stereocenters. The minimum absolute atomic E-state index is 0. The third-order valence-electron chi connectivity index (χ3n) is 1.74. The Balaban J connectivity index is 0. The first-order valence-electron chi connectivity index (χ1n) is 3.63. The van der Waals surface area contributed by atoms with Gasteiger partial charge in [-0.05, 0) is 0 Å². The van der Waals surface area contributed by atoms with Gasteiger partial charge in [-0.2, -0.15) is 0 Å². The molecule has 0 atom stereocenters. The molecule has 0 aliphatic heterocycles. The largest absolute Gasteiger partial charge is 0.147 e. The van der Waals surface area contributed by atoms with Crippen LogP contribution in [0.2, 0.25) is 0 Å². The summed E-state index contributed by atoms with van der Waals surface area (Å²) in [6.07, 6.45) is 5.75. The SMILES string of the molecule is CC(C)(C)C1=[C]([Zr])CC=C1.Cl.Cl. The van der Waals surface area contributed by atoms with Gasteiger partial charge in [0.1, 0.15) is 0 Å². The molecule has 0 spiro atoms. The molecule has 0 radical (unpaired) electrons. The molecule has 0 saturated carbocycles. The van der Waals surface area contributed by atoms with Crippen LogP contribution in [0.15, 0.2) is 21.0 Å². The Bertz CT molecular complexity index is 199. The van der Waals surface area contributed by atoms with Gasteiger partial charge in [0.15, 0.2) is 0 Å². The molecule has 0 N–H and O–H groups in total. The fraction of sp³-hybridized carbons (Fsp3) is 0.556. The van der Waals surface area contributed by atoms with E-state index in [1.54, 1.807) is 33.6 Å². The fourth-order valence-electron chi connectivity index (χ4n) is 1.21. The van der Waals surface area contributed by atoms with Crippen LogP contribution in [0.5, 0.6) is 0 Å². The second-order valence-electron chi connectivity index (χ2n) is 3.75. The van der Waals surface area contributed by atoms with E-state index in [-0.39, 0.29) is 24.8 Å². The van der Waals surface area contributed by atoms with E-state index in [4.69, 9.17) is 0 Å². The van der Waals surface area contributed by atoms with E-state index in [9.17, 15) is 0 Å². The molecular formula is C9H15Cl2Zr. The zero-order valence-electron chi connectivity index (χ0n) is 7.68. The van der Waals surface area contributed by atoms with Crippen LogP contribution in [-0.2, 0) is 24.7 Å². The molecule has 69 valence electrons. The molecule has 0 nitrogen and oxygen atoms in total. The van der Waals surface area contributed by atoms with Gasteiger partial charge >= 0.3 is 78.3 Å². The van der Waals surface area contributed by atoms with Crippen LogP contribution in [0.25, 0.3) is 0 Å². The predicted octanol–water partition coefficient (Wildman–Crippen LogP) is 3.64. The number of hydrogen-bond acceptors (Lipinski definition) is 0. The van der Waals surface area contributed by atoms with E-state index in [1.165, 1.54) is 6.42 Å².